The number of nitrogens with two attached hydrogens (primary N) is 1. The lowest BCUT2D eigenvalue weighted by Crippen LogP contribution is -2.57. The summed E-state index contributed by atoms with van der Waals surface area (Å²) in [6.45, 7) is 14.1. The van der Waals surface area contributed by atoms with Crippen molar-refractivity contribution in [1.82, 2.24) is 19.9 Å². The number of benzene rings is 1. The van der Waals surface area contributed by atoms with Gasteiger partial charge in [0.05, 0.1) is 24.3 Å². The van der Waals surface area contributed by atoms with Crippen LogP contribution >= 0.6 is 0 Å². The number of ketones is 1. The summed E-state index contributed by atoms with van der Waals surface area (Å²) in [6, 6.07) is 6.85. The third-order valence-corrected chi connectivity index (χ3v) is 9.90. The van der Waals surface area contributed by atoms with Gasteiger partial charge in [-0.05, 0) is 69.9 Å². The monoisotopic (exact) mass is 625 g/mol. The molecule has 0 aliphatic carbocycles. The van der Waals surface area contributed by atoms with E-state index < -0.39 is 47.7 Å². The van der Waals surface area contributed by atoms with Gasteiger partial charge in [-0.15, -0.1) is 5.10 Å². The van der Waals surface area contributed by atoms with Crippen molar-refractivity contribution in [3.05, 3.63) is 30.5 Å². The van der Waals surface area contributed by atoms with Crippen LogP contribution in [0.25, 0.3) is 11.3 Å². The standard InChI is InChI=1S/C34H51N5O6/c1-8-28-34(7)31(23(5)29(40)21(3)16-20(2)17-22(4)30(41)24(6)32(42)44-28)39(33(43)45-34)15-10-9-14-38-19-27(36-37-38)25-12-11-13-26(35)18-25/h11-13,18-24,28,30-31,41H,8-10,14-17,35H2,1-7H3/t20-,21+,22+,23-,24+,28+,30-,31?,34+/m0/s1. The Morgan fingerprint density at radius 2 is 1.76 bits per heavy atom. The molecule has 248 valence electrons. The number of carbonyl (C=O) groups is 3. The number of aliphatic hydroxyl groups excluding tert-OH is 1. The lowest BCUT2D eigenvalue weighted by atomic mass is 9.75. The van der Waals surface area contributed by atoms with Gasteiger partial charge in [-0.1, -0.05) is 52.0 Å². The number of aryl methyl sites for hydroxylation is 1. The van der Waals surface area contributed by atoms with E-state index in [9.17, 15) is 19.5 Å². The van der Waals surface area contributed by atoms with Gasteiger partial charge in [-0.25, -0.2) is 4.79 Å². The van der Waals surface area contributed by atoms with Crippen LogP contribution in [0.2, 0.25) is 0 Å². The molecule has 3 heterocycles. The summed E-state index contributed by atoms with van der Waals surface area (Å²) in [5.74, 6) is -1.99. The molecular weight excluding hydrogens is 574 g/mol. The van der Waals surface area contributed by atoms with Crippen molar-refractivity contribution in [2.45, 2.75) is 111 Å². The lowest BCUT2D eigenvalue weighted by Gasteiger charge is -2.41. The molecule has 0 spiro atoms. The fraction of sp³-hybridized carbons (Fsp3) is 0.676. The van der Waals surface area contributed by atoms with Gasteiger partial charge in [0.2, 0.25) is 0 Å². The molecule has 0 radical (unpaired) electrons. The smallest absolute Gasteiger partial charge is 0.410 e. The first-order valence-electron chi connectivity index (χ1n) is 16.4. The number of amides is 1. The van der Waals surface area contributed by atoms with Crippen molar-refractivity contribution in [2.24, 2.45) is 29.6 Å². The predicted octanol–water partition coefficient (Wildman–Crippen LogP) is 5.11. The van der Waals surface area contributed by atoms with Gasteiger partial charge >= 0.3 is 12.1 Å². The first-order chi connectivity index (χ1) is 21.3. The molecule has 45 heavy (non-hydrogen) atoms. The van der Waals surface area contributed by atoms with E-state index >= 15 is 0 Å². The number of cyclic esters (lactones) is 1. The quantitative estimate of drug-likeness (QED) is 0.243. The second-order valence-electron chi connectivity index (χ2n) is 13.6. The Kier molecular flexibility index (Phi) is 10.9. The highest BCUT2D eigenvalue weighted by atomic mass is 16.6. The molecule has 11 nitrogen and oxygen atoms in total. The van der Waals surface area contributed by atoms with E-state index in [0.29, 0.717) is 50.9 Å². The number of fused-ring (bicyclic) bond motifs is 1. The number of anilines is 1. The Balaban J connectivity index is 1.53. The van der Waals surface area contributed by atoms with E-state index in [1.807, 2.05) is 58.2 Å². The lowest BCUT2D eigenvalue weighted by molar-refractivity contribution is -0.174. The number of esters is 1. The highest BCUT2D eigenvalue weighted by Crippen LogP contribution is 2.41. The number of carbonyl (C=O) groups excluding carboxylic acids is 3. The average molecular weight is 626 g/mol. The van der Waals surface area contributed by atoms with Crippen LogP contribution in [-0.4, -0.2) is 73.2 Å². The van der Waals surface area contributed by atoms with Gasteiger partial charge in [0.15, 0.2) is 5.60 Å². The molecule has 1 unspecified atom stereocenters. The van der Waals surface area contributed by atoms with Crippen LogP contribution < -0.4 is 5.73 Å². The largest absolute Gasteiger partial charge is 0.458 e. The maximum Gasteiger partial charge on any atom is 0.410 e. The van der Waals surface area contributed by atoms with Crippen molar-refractivity contribution >= 4 is 23.5 Å². The molecule has 0 saturated carbocycles. The third-order valence-electron chi connectivity index (χ3n) is 9.90. The molecule has 4 rings (SSSR count). The molecule has 9 atom stereocenters. The molecule has 11 heteroatoms. The Morgan fingerprint density at radius 3 is 2.44 bits per heavy atom. The molecule has 2 aliphatic rings. The van der Waals surface area contributed by atoms with Gasteiger partial charge in [0.25, 0.3) is 0 Å². The summed E-state index contributed by atoms with van der Waals surface area (Å²) < 4.78 is 13.9. The summed E-state index contributed by atoms with van der Waals surface area (Å²) in [4.78, 5) is 42.4. The predicted molar refractivity (Wildman–Crippen MR) is 171 cm³/mol. The fourth-order valence-electron chi connectivity index (χ4n) is 7.46. The van der Waals surface area contributed by atoms with Crippen molar-refractivity contribution in [3.8, 4) is 11.3 Å². The van der Waals surface area contributed by atoms with Crippen molar-refractivity contribution in [3.63, 3.8) is 0 Å². The number of nitrogens with zero attached hydrogens (tertiary/aromatic N) is 4. The van der Waals surface area contributed by atoms with Crippen LogP contribution in [0.5, 0.6) is 0 Å². The van der Waals surface area contributed by atoms with Crippen LogP contribution in [0, 0.1) is 29.6 Å². The van der Waals surface area contributed by atoms with Crippen molar-refractivity contribution in [2.75, 3.05) is 12.3 Å². The number of aliphatic hydroxyl groups is 1. The van der Waals surface area contributed by atoms with Crippen LogP contribution in [0.3, 0.4) is 0 Å². The van der Waals surface area contributed by atoms with E-state index in [-0.39, 0.29) is 23.5 Å². The number of rotatable bonds is 7. The number of aromatic nitrogens is 3. The van der Waals surface area contributed by atoms with Crippen LogP contribution in [0.1, 0.15) is 80.6 Å². The molecule has 2 fully saturated rings. The highest BCUT2D eigenvalue weighted by Gasteiger charge is 2.59. The van der Waals surface area contributed by atoms with E-state index in [4.69, 9.17) is 15.2 Å². The highest BCUT2D eigenvalue weighted by molar-refractivity contribution is 5.85. The zero-order valence-corrected chi connectivity index (χ0v) is 27.8. The minimum atomic E-state index is -1.25. The molecular formula is C34H51N5O6. The van der Waals surface area contributed by atoms with Crippen LogP contribution in [0.4, 0.5) is 10.5 Å². The van der Waals surface area contributed by atoms with Gasteiger partial charge in [-0.3, -0.25) is 14.3 Å². The molecule has 1 aromatic carbocycles. The van der Waals surface area contributed by atoms with E-state index in [0.717, 1.165) is 11.3 Å². The van der Waals surface area contributed by atoms with Gasteiger partial charge in [0, 0.05) is 36.2 Å². The molecule has 1 amide bonds. The topological polar surface area (TPSA) is 150 Å². The molecule has 2 saturated heterocycles. The van der Waals surface area contributed by atoms with Crippen LogP contribution in [-0.2, 0) is 25.6 Å². The second kappa shape index (κ2) is 14.3. The van der Waals surface area contributed by atoms with E-state index in [1.165, 1.54) is 0 Å². The minimum Gasteiger partial charge on any atom is -0.458 e. The summed E-state index contributed by atoms with van der Waals surface area (Å²) in [5.41, 5.74) is 6.94. The van der Waals surface area contributed by atoms with E-state index in [1.54, 1.807) is 23.4 Å². The summed E-state index contributed by atoms with van der Waals surface area (Å²) >= 11 is 0. The molecule has 1 aromatic heterocycles. The Hall–Kier alpha value is -3.47. The molecule has 3 N–H and O–H groups in total. The minimum absolute atomic E-state index is 0.0536. The average Bonchev–Trinajstić information content (AvgIpc) is 3.57. The molecule has 2 aromatic rings. The zero-order chi connectivity index (χ0) is 33.1. The number of hydrogen-bond donors (Lipinski definition) is 2. The first-order valence-corrected chi connectivity index (χ1v) is 16.4. The Bertz CT molecular complexity index is 1350. The maximum atomic E-state index is 13.9. The maximum absolute atomic E-state index is 13.9. The molecule has 0 bridgehead atoms. The normalized spacial score (nSPS) is 33.3. The number of nitrogen functional groups attached to an aromatic ring is 1. The number of Topliss-reactive ketones (excluding diaryl/α,β-unsaturated/α-hetero) is 1. The zero-order valence-electron chi connectivity index (χ0n) is 27.8. The summed E-state index contributed by atoms with van der Waals surface area (Å²) in [7, 11) is 0. The van der Waals surface area contributed by atoms with Gasteiger partial charge in [-0.2, -0.15) is 0 Å². The van der Waals surface area contributed by atoms with Crippen molar-refractivity contribution in [1.29, 1.82) is 0 Å². The second-order valence-corrected chi connectivity index (χ2v) is 13.6. The van der Waals surface area contributed by atoms with E-state index in [2.05, 4.69) is 17.2 Å². The fourth-order valence-corrected chi connectivity index (χ4v) is 7.46. The summed E-state index contributed by atoms with van der Waals surface area (Å²) in [5, 5.41) is 19.5. The number of ether oxygens (including phenoxy) is 2. The Morgan fingerprint density at radius 1 is 1.04 bits per heavy atom. The Labute approximate surface area is 266 Å². The SMILES string of the molecule is CC[C@H]1OC(=O)[C@H](C)[C@@H](O)[C@H](C)C[C@@H](C)C[C@@H](C)C(=O)[C@H](C)C2N(CCCCn3cc(-c4cccc(N)c4)nn3)C(=O)O[C@@]21C. The molecule has 2 aliphatic heterocycles. The number of hydrogen-bond acceptors (Lipinski definition) is 9. The van der Waals surface area contributed by atoms with Gasteiger partial charge in [0.1, 0.15) is 17.6 Å². The third kappa shape index (κ3) is 7.51. The first kappa shape index (κ1) is 34.4. The van der Waals surface area contributed by atoms with Crippen LogP contribution in [0.15, 0.2) is 30.5 Å². The number of unbranched alkanes of at least 4 members (excludes halogenated alkanes) is 1. The summed E-state index contributed by atoms with van der Waals surface area (Å²) in [6.07, 6.45) is 2.75. The van der Waals surface area contributed by atoms with Gasteiger partial charge < -0.3 is 25.2 Å². The van der Waals surface area contributed by atoms with Crippen molar-refractivity contribution < 1.29 is 29.0 Å².